The van der Waals surface area contributed by atoms with Crippen molar-refractivity contribution >= 4 is 29.0 Å². The first-order valence-electron chi connectivity index (χ1n) is 12.0. The van der Waals surface area contributed by atoms with Gasteiger partial charge in [0.15, 0.2) is 17.3 Å². The van der Waals surface area contributed by atoms with Crippen molar-refractivity contribution in [3.63, 3.8) is 0 Å². The molecule has 34 heavy (non-hydrogen) atoms. The average Bonchev–Trinajstić information content (AvgIpc) is 3.60. The van der Waals surface area contributed by atoms with Gasteiger partial charge in [0.25, 0.3) is 5.91 Å². The summed E-state index contributed by atoms with van der Waals surface area (Å²) in [6.07, 6.45) is 2.01. The van der Waals surface area contributed by atoms with Crippen LogP contribution < -0.4 is 20.7 Å². The normalized spacial score (nSPS) is 14.5. The Kier molecular flexibility index (Phi) is 5.85. The highest BCUT2D eigenvalue weighted by Gasteiger charge is 2.30. The molecular weight excluding hydrogens is 442 g/mol. The lowest BCUT2D eigenvalue weighted by atomic mass is 10.1. The lowest BCUT2D eigenvalue weighted by molar-refractivity contribution is -0.117. The maximum Gasteiger partial charge on any atom is 0.273 e. The van der Waals surface area contributed by atoms with Crippen molar-refractivity contribution in [2.45, 2.75) is 19.3 Å². The standard InChI is InChI=1S/C22H25N7O5/c1-23-22(31)18-15(11-16(27-28-18)25-21(30)12-7-8-12)24-14-6-4-5-13(19(14)33-3)20-26-17(34-29-20)9-10-32-2/h4-6,11-12H,7-10H2,1-3H3,(H,23,31)(H2,24,25,27,30)/i1D3. The van der Waals surface area contributed by atoms with E-state index in [0.717, 1.165) is 12.8 Å². The highest BCUT2D eigenvalue weighted by Crippen LogP contribution is 2.37. The third-order valence-corrected chi connectivity index (χ3v) is 5.04. The molecule has 2 amide bonds. The van der Waals surface area contributed by atoms with E-state index in [2.05, 4.69) is 31.0 Å². The summed E-state index contributed by atoms with van der Waals surface area (Å²) in [6, 6.07) is 6.49. The number of methoxy groups -OCH3 is 2. The van der Waals surface area contributed by atoms with Gasteiger partial charge in [0.05, 0.1) is 37.1 Å². The number of para-hydroxylation sites is 1. The molecule has 1 aliphatic carbocycles. The van der Waals surface area contributed by atoms with Crippen LogP contribution in [0.25, 0.3) is 11.4 Å². The zero-order chi connectivity index (χ0) is 26.6. The molecule has 0 radical (unpaired) electrons. The molecule has 0 atom stereocenters. The number of hydrogen-bond acceptors (Lipinski definition) is 10. The molecule has 1 aliphatic rings. The Hall–Kier alpha value is -4.06. The van der Waals surface area contributed by atoms with Crippen LogP contribution in [0.4, 0.5) is 17.2 Å². The van der Waals surface area contributed by atoms with Crippen molar-refractivity contribution in [3.05, 3.63) is 35.9 Å². The summed E-state index contributed by atoms with van der Waals surface area (Å²) in [5.41, 5.74) is 0.679. The highest BCUT2D eigenvalue weighted by atomic mass is 16.5. The van der Waals surface area contributed by atoms with Gasteiger partial charge in [-0.15, -0.1) is 10.2 Å². The van der Waals surface area contributed by atoms with E-state index in [0.29, 0.717) is 35.9 Å². The number of nitrogens with one attached hydrogen (secondary N) is 3. The van der Waals surface area contributed by atoms with Crippen molar-refractivity contribution < 1.29 is 27.7 Å². The van der Waals surface area contributed by atoms with E-state index >= 15 is 0 Å². The Morgan fingerprint density at radius 1 is 1.24 bits per heavy atom. The number of carbonyl (C=O) groups is 2. The predicted octanol–water partition coefficient (Wildman–Crippen LogP) is 2.18. The van der Waals surface area contributed by atoms with Gasteiger partial charge in [-0.25, -0.2) is 0 Å². The number of aromatic nitrogens is 4. The van der Waals surface area contributed by atoms with Crippen LogP contribution in [0.1, 0.15) is 33.3 Å². The number of nitrogens with zero attached hydrogens (tertiary/aromatic N) is 4. The number of benzene rings is 1. The minimum Gasteiger partial charge on any atom is -0.494 e. The monoisotopic (exact) mass is 470 g/mol. The van der Waals surface area contributed by atoms with Crippen LogP contribution in [0.3, 0.4) is 0 Å². The van der Waals surface area contributed by atoms with E-state index in [1.807, 2.05) is 5.32 Å². The average molecular weight is 471 g/mol. The molecule has 3 aromatic rings. The van der Waals surface area contributed by atoms with Gasteiger partial charge in [0.2, 0.25) is 17.6 Å². The fourth-order valence-electron chi connectivity index (χ4n) is 3.18. The Balaban J connectivity index is 1.69. The van der Waals surface area contributed by atoms with E-state index < -0.39 is 12.9 Å². The summed E-state index contributed by atoms with van der Waals surface area (Å²) < 4.78 is 38.0. The summed E-state index contributed by atoms with van der Waals surface area (Å²) in [5, 5.41) is 19.4. The first-order valence-corrected chi connectivity index (χ1v) is 10.5. The van der Waals surface area contributed by atoms with Gasteiger partial charge in [0.1, 0.15) is 0 Å². The van der Waals surface area contributed by atoms with Gasteiger partial charge in [-0.1, -0.05) is 11.2 Å². The molecule has 1 aromatic carbocycles. The molecule has 12 nitrogen and oxygen atoms in total. The van der Waals surface area contributed by atoms with Crippen LogP contribution in [0.5, 0.6) is 5.75 Å². The molecular formula is C22H25N7O5. The van der Waals surface area contributed by atoms with Crippen LogP contribution in [-0.4, -0.2) is 60.0 Å². The first-order chi connectivity index (χ1) is 17.7. The maximum absolute atomic E-state index is 12.7. The molecule has 4 rings (SSSR count). The quantitative estimate of drug-likeness (QED) is 0.402. The minimum atomic E-state index is -2.74. The van der Waals surface area contributed by atoms with Gasteiger partial charge in [-0.05, 0) is 25.0 Å². The fraction of sp³-hybridized carbons (Fsp3) is 0.364. The third kappa shape index (κ3) is 5.12. The lowest BCUT2D eigenvalue weighted by Crippen LogP contribution is -2.22. The predicted molar refractivity (Wildman–Crippen MR) is 122 cm³/mol. The zero-order valence-electron chi connectivity index (χ0n) is 21.5. The van der Waals surface area contributed by atoms with Crippen molar-refractivity contribution in [3.8, 4) is 17.1 Å². The summed E-state index contributed by atoms with van der Waals surface area (Å²) in [7, 11) is 3.02. The van der Waals surface area contributed by atoms with Crippen LogP contribution in [0.15, 0.2) is 28.8 Å². The van der Waals surface area contributed by atoms with Crippen molar-refractivity contribution in [2.75, 3.05) is 38.4 Å². The van der Waals surface area contributed by atoms with Gasteiger partial charge in [-0.2, -0.15) is 4.98 Å². The summed E-state index contributed by atoms with van der Waals surface area (Å²) in [6.45, 7) is -2.33. The molecule has 0 spiro atoms. The second-order valence-electron chi connectivity index (χ2n) is 7.48. The molecule has 12 heteroatoms. The van der Waals surface area contributed by atoms with Crippen LogP contribution >= 0.6 is 0 Å². The topological polar surface area (TPSA) is 153 Å². The zero-order valence-corrected chi connectivity index (χ0v) is 18.5. The summed E-state index contributed by atoms with van der Waals surface area (Å²) in [4.78, 5) is 29.3. The third-order valence-electron chi connectivity index (χ3n) is 5.04. The number of amides is 2. The summed E-state index contributed by atoms with van der Waals surface area (Å²) in [5.74, 6) is -0.193. The second kappa shape index (κ2) is 10.3. The number of hydrogen-bond donors (Lipinski definition) is 3. The Labute approximate surface area is 199 Å². The number of ether oxygens (including phenoxy) is 2. The molecule has 2 heterocycles. The van der Waals surface area contributed by atoms with Crippen molar-refractivity contribution in [1.82, 2.24) is 25.7 Å². The van der Waals surface area contributed by atoms with Crippen molar-refractivity contribution in [2.24, 2.45) is 5.92 Å². The van der Waals surface area contributed by atoms with Gasteiger partial charge >= 0.3 is 0 Å². The Bertz CT molecular complexity index is 1290. The molecule has 1 saturated carbocycles. The van der Waals surface area contributed by atoms with Crippen LogP contribution in [0.2, 0.25) is 0 Å². The number of rotatable bonds is 10. The lowest BCUT2D eigenvalue weighted by Gasteiger charge is -2.16. The van der Waals surface area contributed by atoms with Crippen molar-refractivity contribution in [1.29, 1.82) is 0 Å². The van der Waals surface area contributed by atoms with E-state index in [9.17, 15) is 9.59 Å². The van der Waals surface area contributed by atoms with Gasteiger partial charge in [0, 0.05) is 30.2 Å². The van der Waals surface area contributed by atoms with Crippen LogP contribution in [-0.2, 0) is 16.0 Å². The smallest absolute Gasteiger partial charge is 0.273 e. The van der Waals surface area contributed by atoms with Gasteiger partial charge in [-0.3, -0.25) is 9.59 Å². The van der Waals surface area contributed by atoms with E-state index in [4.69, 9.17) is 18.1 Å². The molecule has 3 N–H and O–H groups in total. The molecule has 178 valence electrons. The van der Waals surface area contributed by atoms with Crippen LogP contribution in [0, 0.1) is 5.92 Å². The Morgan fingerprint density at radius 2 is 2.09 bits per heavy atom. The minimum absolute atomic E-state index is 0.0859. The Morgan fingerprint density at radius 3 is 2.82 bits per heavy atom. The SMILES string of the molecule is [2H]C([2H])([2H])NC(=O)c1nnc(NC(=O)C2CC2)cc1Nc1cccc(-c2noc(CCOC)n2)c1OC. The molecule has 1 fully saturated rings. The van der Waals surface area contributed by atoms with E-state index in [-0.39, 0.29) is 34.8 Å². The molecule has 0 aliphatic heterocycles. The maximum atomic E-state index is 12.7. The van der Waals surface area contributed by atoms with E-state index in [1.54, 1.807) is 25.3 Å². The number of carbonyl (C=O) groups excluding carboxylic acids is 2. The fourth-order valence-corrected chi connectivity index (χ4v) is 3.18. The summed E-state index contributed by atoms with van der Waals surface area (Å²) >= 11 is 0. The molecule has 0 bridgehead atoms. The van der Waals surface area contributed by atoms with E-state index in [1.165, 1.54) is 13.2 Å². The second-order valence-corrected chi connectivity index (χ2v) is 7.48. The molecule has 0 saturated heterocycles. The highest BCUT2D eigenvalue weighted by molar-refractivity contribution is 6.00. The molecule has 0 unspecified atom stereocenters. The van der Waals surface area contributed by atoms with Gasteiger partial charge < -0.3 is 29.9 Å². The molecule has 2 aromatic heterocycles. The first kappa shape index (κ1) is 19.4. The largest absolute Gasteiger partial charge is 0.494 e. The number of anilines is 3.